The fourth-order valence-electron chi connectivity index (χ4n) is 4.20. The molecule has 0 spiro atoms. The van der Waals surface area contributed by atoms with E-state index >= 15 is 0 Å². The summed E-state index contributed by atoms with van der Waals surface area (Å²) in [6.45, 7) is 6.30. The Hall–Kier alpha value is -2.22. The molecule has 0 fully saturated rings. The van der Waals surface area contributed by atoms with E-state index in [-0.39, 0.29) is 5.41 Å². The number of nitrogens with zero attached hydrogens (tertiary/aromatic N) is 2. The maximum atomic E-state index is 8.31. The Bertz CT molecular complexity index is 911. The second kappa shape index (κ2) is 4.64. The summed E-state index contributed by atoms with van der Waals surface area (Å²) < 4.78 is 24.9. The van der Waals surface area contributed by atoms with Crippen molar-refractivity contribution in [2.75, 3.05) is 9.80 Å². The number of hydrogen-bond acceptors (Lipinski definition) is 2. The molecule has 1 unspecified atom stereocenters. The van der Waals surface area contributed by atoms with Crippen LogP contribution in [0.25, 0.3) is 0 Å². The van der Waals surface area contributed by atoms with Crippen molar-refractivity contribution in [1.29, 1.82) is 0 Å². The monoisotopic (exact) mass is 307 g/mol. The van der Waals surface area contributed by atoms with Gasteiger partial charge in [-0.15, -0.1) is 0 Å². The van der Waals surface area contributed by atoms with Crippen LogP contribution in [0.1, 0.15) is 42.9 Å². The van der Waals surface area contributed by atoms with Crippen molar-refractivity contribution in [2.24, 2.45) is 0 Å². The average molecular weight is 307 g/mol. The molecule has 0 amide bonds. The van der Waals surface area contributed by atoms with Crippen LogP contribution in [-0.2, 0) is 5.41 Å². The van der Waals surface area contributed by atoms with E-state index in [2.05, 4.69) is 19.9 Å². The van der Waals surface area contributed by atoms with Crippen LogP contribution in [0.2, 0.25) is 0 Å². The first-order valence-electron chi connectivity index (χ1n) is 9.60. The lowest BCUT2D eigenvalue weighted by molar-refractivity contribution is 0.628. The van der Waals surface area contributed by atoms with Crippen molar-refractivity contribution in [3.05, 3.63) is 71.1 Å². The molecule has 2 heteroatoms. The van der Waals surface area contributed by atoms with Crippen molar-refractivity contribution in [3.63, 3.8) is 0 Å². The summed E-state index contributed by atoms with van der Waals surface area (Å²) in [4.78, 5) is 4.06. The average Bonchev–Trinajstić information content (AvgIpc) is 3.00. The van der Waals surface area contributed by atoms with E-state index in [9.17, 15) is 0 Å². The highest BCUT2D eigenvalue weighted by atomic mass is 15.4. The third kappa shape index (κ3) is 1.75. The molecule has 1 atom stereocenters. The molecule has 0 aromatic heterocycles. The molecule has 0 saturated carbocycles. The molecule has 0 saturated heterocycles. The Kier molecular flexibility index (Phi) is 2.29. The summed E-state index contributed by atoms with van der Waals surface area (Å²) in [6.07, 6.45) is -0.735. The summed E-state index contributed by atoms with van der Waals surface area (Å²) in [5.74, 6) is 0. The second-order valence-corrected chi connectivity index (χ2v) is 6.98. The molecule has 4 rings (SSSR count). The van der Waals surface area contributed by atoms with Crippen LogP contribution in [0.3, 0.4) is 0 Å². The van der Waals surface area contributed by atoms with E-state index in [4.69, 9.17) is 4.11 Å². The van der Waals surface area contributed by atoms with E-state index in [0.29, 0.717) is 0 Å². The molecule has 2 aromatic rings. The zero-order valence-corrected chi connectivity index (χ0v) is 14.1. The molecule has 2 nitrogen and oxygen atoms in total. The Balaban J connectivity index is 2.00. The molecule has 2 aliphatic heterocycles. The zero-order chi connectivity index (χ0) is 18.9. The minimum absolute atomic E-state index is 0.235. The van der Waals surface area contributed by atoms with Crippen molar-refractivity contribution in [3.8, 4) is 0 Å². The summed E-state index contributed by atoms with van der Waals surface area (Å²) in [5, 5.41) is 0. The molecule has 2 heterocycles. The van der Waals surface area contributed by atoms with Crippen molar-refractivity contribution >= 4 is 11.4 Å². The Labute approximate surface area is 143 Å². The van der Waals surface area contributed by atoms with Gasteiger partial charge in [0.2, 0.25) is 0 Å². The molecule has 2 aromatic carbocycles. The second-order valence-electron chi connectivity index (χ2n) is 6.98. The van der Waals surface area contributed by atoms with Crippen LogP contribution < -0.4 is 9.80 Å². The number of para-hydroxylation sites is 2. The lowest BCUT2D eigenvalue weighted by Crippen LogP contribution is -2.37. The molecule has 0 bridgehead atoms. The van der Waals surface area contributed by atoms with Gasteiger partial charge in [0.1, 0.15) is 6.17 Å². The van der Waals surface area contributed by atoms with E-state index < -0.39 is 13.0 Å². The number of fused-ring (bicyclic) bond motifs is 3. The van der Waals surface area contributed by atoms with E-state index in [0.717, 1.165) is 28.3 Å². The van der Waals surface area contributed by atoms with Crippen LogP contribution in [0.5, 0.6) is 0 Å². The normalized spacial score (nSPS) is 24.2. The topological polar surface area (TPSA) is 6.48 Å². The predicted molar refractivity (Wildman–Crippen MR) is 97.8 cm³/mol. The van der Waals surface area contributed by atoms with Gasteiger partial charge in [-0.1, -0.05) is 50.2 Å². The summed E-state index contributed by atoms with van der Waals surface area (Å²) in [5.41, 5.74) is 6.10. The summed E-state index contributed by atoms with van der Waals surface area (Å²) in [7, 11) is 0. The molecule has 2 aliphatic rings. The Morgan fingerprint density at radius 2 is 1.57 bits per heavy atom. The van der Waals surface area contributed by atoms with Crippen LogP contribution in [0.4, 0.5) is 11.4 Å². The Morgan fingerprint density at radius 3 is 2.26 bits per heavy atom. The minimum Gasteiger partial charge on any atom is -0.322 e. The number of anilines is 2. The van der Waals surface area contributed by atoms with E-state index in [1.807, 2.05) is 66.1 Å². The zero-order valence-electron chi connectivity index (χ0n) is 17.1. The summed E-state index contributed by atoms with van der Waals surface area (Å²) in [6, 6.07) is 16.2. The number of rotatable bonds is 1. The van der Waals surface area contributed by atoms with Gasteiger partial charge in [-0.25, -0.2) is 0 Å². The largest absolute Gasteiger partial charge is 0.322 e. The quantitative estimate of drug-likeness (QED) is 0.715. The number of allylic oxidation sites excluding steroid dienone is 2. The predicted octanol–water partition coefficient (Wildman–Crippen LogP) is 5.19. The highest BCUT2D eigenvalue weighted by molar-refractivity contribution is 5.78. The van der Waals surface area contributed by atoms with Gasteiger partial charge >= 0.3 is 0 Å². The molecular formula is C21H24N2. The molecule has 118 valence electrons. The highest BCUT2D eigenvalue weighted by Gasteiger charge is 2.49. The molecule has 0 radical (unpaired) electrons. The van der Waals surface area contributed by atoms with Gasteiger partial charge in [-0.2, -0.15) is 0 Å². The van der Waals surface area contributed by atoms with Crippen LogP contribution >= 0.6 is 0 Å². The van der Waals surface area contributed by atoms with Crippen molar-refractivity contribution < 1.29 is 4.11 Å². The fraction of sp³-hybridized carbons (Fsp3) is 0.333. The lowest BCUT2D eigenvalue weighted by atomic mass is 9.83. The fourth-order valence-corrected chi connectivity index (χ4v) is 4.20. The first-order chi connectivity index (χ1) is 12.2. The van der Waals surface area contributed by atoms with Gasteiger partial charge in [0.25, 0.3) is 0 Å². The molecule has 0 N–H and O–H groups in total. The lowest BCUT2D eigenvalue weighted by Gasteiger charge is -2.32. The SMILES string of the molecule is [2H]C([2H])([2H])C1N(c2ccccc2C)C(C)=C2N1c1ccccc1C2(C)C. The Morgan fingerprint density at radius 1 is 0.913 bits per heavy atom. The first kappa shape index (κ1) is 11.3. The maximum absolute atomic E-state index is 8.31. The van der Waals surface area contributed by atoms with Gasteiger partial charge < -0.3 is 9.80 Å². The van der Waals surface area contributed by atoms with Gasteiger partial charge in [0.05, 0.1) is 0 Å². The smallest absolute Gasteiger partial charge is 0.108 e. The van der Waals surface area contributed by atoms with E-state index in [1.54, 1.807) is 0 Å². The first-order valence-corrected chi connectivity index (χ1v) is 8.10. The van der Waals surface area contributed by atoms with Crippen LogP contribution in [-0.4, -0.2) is 6.17 Å². The van der Waals surface area contributed by atoms with E-state index in [1.165, 1.54) is 5.56 Å². The standard InChI is InChI=1S/C21H24N2/c1-14-10-6-8-12-18(14)22-15(2)20-21(4,5)17-11-7-9-13-19(17)23(20)16(22)3/h6-13,16H,1-5H3/i3D3. The number of benzene rings is 2. The highest BCUT2D eigenvalue weighted by Crippen LogP contribution is 2.54. The van der Waals surface area contributed by atoms with Gasteiger partial charge in [0, 0.05) is 32.3 Å². The van der Waals surface area contributed by atoms with Gasteiger partial charge in [0.15, 0.2) is 0 Å². The molecule has 0 aliphatic carbocycles. The van der Waals surface area contributed by atoms with Crippen molar-refractivity contribution in [2.45, 2.75) is 46.1 Å². The van der Waals surface area contributed by atoms with Crippen LogP contribution in [0.15, 0.2) is 59.9 Å². The van der Waals surface area contributed by atoms with Crippen molar-refractivity contribution in [1.82, 2.24) is 0 Å². The van der Waals surface area contributed by atoms with Gasteiger partial charge in [-0.05, 0) is 44.0 Å². The molecule has 23 heavy (non-hydrogen) atoms. The number of hydrogen-bond donors (Lipinski definition) is 0. The van der Waals surface area contributed by atoms with Gasteiger partial charge in [-0.3, -0.25) is 0 Å². The minimum atomic E-state index is -2.15. The molecular weight excluding hydrogens is 280 g/mol. The third-order valence-corrected chi connectivity index (χ3v) is 5.24. The summed E-state index contributed by atoms with van der Waals surface area (Å²) >= 11 is 0. The third-order valence-electron chi connectivity index (χ3n) is 5.24. The number of aryl methyl sites for hydroxylation is 1. The maximum Gasteiger partial charge on any atom is 0.108 e. The van der Waals surface area contributed by atoms with Crippen LogP contribution in [0, 0.1) is 6.92 Å².